The van der Waals surface area contributed by atoms with E-state index >= 15 is 4.39 Å². The molecule has 2 heterocycles. The number of amides is 3. The minimum atomic E-state index is -4.58. The second kappa shape index (κ2) is 11.0. The van der Waals surface area contributed by atoms with Crippen LogP contribution in [0.25, 0.3) is 22.5 Å². The van der Waals surface area contributed by atoms with E-state index in [9.17, 15) is 27.6 Å². The number of imidazole rings is 1. The number of aromatic nitrogens is 2. The Hall–Kier alpha value is -5.20. The summed E-state index contributed by atoms with van der Waals surface area (Å²) < 4.78 is 59.2. The number of carbonyl (C=O) groups excluding carboxylic acids is 3. The molecule has 9 nitrogen and oxygen atoms in total. The van der Waals surface area contributed by atoms with E-state index in [1.807, 2.05) is 0 Å². The van der Waals surface area contributed by atoms with Crippen LogP contribution >= 0.6 is 0 Å². The number of alkyl halides is 3. The molecular weight excluding hydrogens is 558 g/mol. The van der Waals surface area contributed by atoms with E-state index in [0.717, 1.165) is 24.3 Å². The Morgan fingerprint density at radius 2 is 1.69 bits per heavy atom. The molecule has 0 bridgehead atoms. The highest BCUT2D eigenvalue weighted by Gasteiger charge is 2.31. The molecule has 1 aliphatic heterocycles. The van der Waals surface area contributed by atoms with Crippen molar-refractivity contribution in [2.24, 2.45) is 0 Å². The second-order valence-corrected chi connectivity index (χ2v) is 9.33. The molecule has 1 aliphatic rings. The second-order valence-electron chi connectivity index (χ2n) is 9.33. The number of urea groups is 1. The molecule has 3 aromatic carbocycles. The number of hydrogen-bond acceptors (Lipinski definition) is 5. The van der Waals surface area contributed by atoms with Crippen molar-refractivity contribution < 1.29 is 36.7 Å². The molecule has 42 heavy (non-hydrogen) atoms. The summed E-state index contributed by atoms with van der Waals surface area (Å²) in [5.41, 5.74) is 1.40. The first kappa shape index (κ1) is 28.3. The number of fused-ring (bicyclic) bond motifs is 1. The van der Waals surface area contributed by atoms with Crippen molar-refractivity contribution in [1.82, 2.24) is 15.3 Å². The van der Waals surface area contributed by atoms with Crippen molar-refractivity contribution in [2.45, 2.75) is 26.6 Å². The van der Waals surface area contributed by atoms with E-state index in [-0.39, 0.29) is 47.2 Å². The van der Waals surface area contributed by atoms with E-state index in [4.69, 9.17) is 4.74 Å². The smallest absolute Gasteiger partial charge is 0.416 e. The van der Waals surface area contributed by atoms with Gasteiger partial charge in [-0.05, 0) is 67.4 Å². The quantitative estimate of drug-likeness (QED) is 0.158. The maximum Gasteiger partial charge on any atom is 0.416 e. The largest absolute Gasteiger partial charge is 0.461 e. The molecule has 0 atom stereocenters. The predicted octanol–water partition coefficient (Wildman–Crippen LogP) is 6.27. The fourth-order valence-corrected chi connectivity index (χ4v) is 4.66. The van der Waals surface area contributed by atoms with Crippen molar-refractivity contribution in [3.8, 4) is 22.5 Å². The van der Waals surface area contributed by atoms with Crippen LogP contribution in [0.1, 0.15) is 44.6 Å². The van der Waals surface area contributed by atoms with E-state index < -0.39 is 35.5 Å². The molecule has 0 aliphatic carbocycles. The lowest BCUT2D eigenvalue weighted by atomic mass is 9.92. The first-order chi connectivity index (χ1) is 20.0. The molecule has 4 N–H and O–H groups in total. The Balaban J connectivity index is 1.40. The van der Waals surface area contributed by atoms with Gasteiger partial charge >= 0.3 is 18.2 Å². The highest BCUT2D eigenvalue weighted by Crippen LogP contribution is 2.37. The third-order valence-electron chi connectivity index (χ3n) is 6.54. The molecule has 216 valence electrons. The number of benzene rings is 3. The zero-order chi connectivity index (χ0) is 30.2. The number of hydrogen-bond donors (Lipinski definition) is 4. The molecule has 0 spiro atoms. The van der Waals surface area contributed by atoms with Crippen molar-refractivity contribution in [3.63, 3.8) is 0 Å². The topological polar surface area (TPSA) is 125 Å². The monoisotopic (exact) mass is 581 g/mol. The summed E-state index contributed by atoms with van der Waals surface area (Å²) in [6.07, 6.45) is -4.58. The van der Waals surface area contributed by atoms with Crippen LogP contribution in [0, 0.1) is 12.7 Å². The number of rotatable bonds is 6. The lowest BCUT2D eigenvalue weighted by Crippen LogP contribution is -2.20. The van der Waals surface area contributed by atoms with E-state index in [2.05, 4.69) is 25.9 Å². The lowest BCUT2D eigenvalue weighted by molar-refractivity contribution is -0.137. The van der Waals surface area contributed by atoms with Gasteiger partial charge < -0.3 is 25.7 Å². The van der Waals surface area contributed by atoms with Crippen molar-refractivity contribution >= 4 is 29.3 Å². The Labute approximate surface area is 236 Å². The van der Waals surface area contributed by atoms with Gasteiger partial charge in [-0.3, -0.25) is 4.79 Å². The summed E-state index contributed by atoms with van der Waals surface area (Å²) in [6.45, 7) is 3.63. The standard InChI is InChI=1S/C29H23F4N5O4/c1-3-42-27(40)24-14(2)35-25(38-24)20-10-9-18(21-13-34-26(39)23(20)21)19-8-7-17(12-22(19)30)37-28(41)36-16-6-4-5-15(11-16)29(31,32)33/h4-12H,3,13H2,1-2H3,(H,34,39)(H,35,38)(H2,36,37,41). The minimum Gasteiger partial charge on any atom is -0.461 e. The van der Waals surface area contributed by atoms with Gasteiger partial charge in [0.05, 0.1) is 17.7 Å². The molecule has 3 amide bonds. The molecule has 13 heteroatoms. The van der Waals surface area contributed by atoms with Crippen LogP contribution < -0.4 is 16.0 Å². The number of aromatic amines is 1. The van der Waals surface area contributed by atoms with Crippen LogP contribution in [0.3, 0.4) is 0 Å². The van der Waals surface area contributed by atoms with Gasteiger partial charge in [0, 0.05) is 34.7 Å². The molecule has 1 aromatic heterocycles. The Morgan fingerprint density at radius 1 is 1.00 bits per heavy atom. The number of aryl methyl sites for hydroxylation is 1. The number of ether oxygens (including phenoxy) is 1. The van der Waals surface area contributed by atoms with Gasteiger partial charge in [-0.1, -0.05) is 12.1 Å². The Bertz CT molecular complexity index is 1730. The van der Waals surface area contributed by atoms with Crippen molar-refractivity contribution in [2.75, 3.05) is 17.2 Å². The average molecular weight is 582 g/mol. The predicted molar refractivity (Wildman–Crippen MR) is 145 cm³/mol. The molecule has 0 radical (unpaired) electrons. The van der Waals surface area contributed by atoms with Gasteiger partial charge in [0.15, 0.2) is 5.69 Å². The number of nitrogens with zero attached hydrogens (tertiary/aromatic N) is 1. The number of anilines is 2. The molecular formula is C29H23F4N5O4. The summed E-state index contributed by atoms with van der Waals surface area (Å²) in [6, 6.07) is 10.4. The number of nitrogens with one attached hydrogen (secondary N) is 4. The van der Waals surface area contributed by atoms with Crippen molar-refractivity contribution in [3.05, 3.63) is 88.5 Å². The fraction of sp³-hybridized carbons (Fsp3) is 0.172. The highest BCUT2D eigenvalue weighted by molar-refractivity contribution is 6.06. The maximum atomic E-state index is 15.3. The summed E-state index contributed by atoms with van der Waals surface area (Å²) in [7, 11) is 0. The third kappa shape index (κ3) is 5.53. The summed E-state index contributed by atoms with van der Waals surface area (Å²) in [5.74, 6) is -1.42. The first-order valence-corrected chi connectivity index (χ1v) is 12.7. The average Bonchev–Trinajstić information content (AvgIpc) is 3.51. The summed E-state index contributed by atoms with van der Waals surface area (Å²) in [4.78, 5) is 44.7. The third-order valence-corrected chi connectivity index (χ3v) is 6.54. The number of H-pyrrole nitrogens is 1. The van der Waals surface area contributed by atoms with Gasteiger partial charge in [0.1, 0.15) is 11.6 Å². The van der Waals surface area contributed by atoms with E-state index in [1.54, 1.807) is 26.0 Å². The zero-order valence-corrected chi connectivity index (χ0v) is 22.2. The van der Waals surface area contributed by atoms with Gasteiger partial charge in [0.2, 0.25) is 0 Å². The van der Waals surface area contributed by atoms with Crippen LogP contribution in [0.2, 0.25) is 0 Å². The number of halogens is 4. The number of esters is 1. The van der Waals surface area contributed by atoms with Gasteiger partial charge in [-0.15, -0.1) is 0 Å². The van der Waals surface area contributed by atoms with Gasteiger partial charge in [-0.25, -0.2) is 19.0 Å². The van der Waals surface area contributed by atoms with Crippen LogP contribution in [-0.2, 0) is 17.5 Å². The van der Waals surface area contributed by atoms with Crippen LogP contribution in [0.4, 0.5) is 33.7 Å². The highest BCUT2D eigenvalue weighted by atomic mass is 19.4. The lowest BCUT2D eigenvalue weighted by Gasteiger charge is -2.13. The summed E-state index contributed by atoms with van der Waals surface area (Å²) >= 11 is 0. The summed E-state index contributed by atoms with van der Waals surface area (Å²) in [5, 5.41) is 7.42. The minimum absolute atomic E-state index is 0.0562. The van der Waals surface area contributed by atoms with Crippen LogP contribution in [0.15, 0.2) is 54.6 Å². The maximum absolute atomic E-state index is 15.3. The SMILES string of the molecule is CCOC(=O)c1nc(-c2ccc(-c3ccc(NC(=O)Nc4cccc(C(F)(F)F)c4)cc3F)c3c2C(=O)NC3)[nH]c1C. The number of carbonyl (C=O) groups is 3. The molecule has 0 unspecified atom stereocenters. The Kier molecular flexibility index (Phi) is 7.42. The van der Waals surface area contributed by atoms with Crippen LogP contribution in [0.5, 0.6) is 0 Å². The fourth-order valence-electron chi connectivity index (χ4n) is 4.66. The van der Waals surface area contributed by atoms with Gasteiger partial charge in [0.25, 0.3) is 5.91 Å². The van der Waals surface area contributed by atoms with E-state index in [0.29, 0.717) is 22.4 Å². The Morgan fingerprint density at radius 3 is 2.38 bits per heavy atom. The van der Waals surface area contributed by atoms with Gasteiger partial charge in [-0.2, -0.15) is 13.2 Å². The first-order valence-electron chi connectivity index (χ1n) is 12.7. The normalized spacial score (nSPS) is 12.5. The zero-order valence-electron chi connectivity index (χ0n) is 22.2. The van der Waals surface area contributed by atoms with Crippen molar-refractivity contribution in [1.29, 1.82) is 0 Å². The molecule has 0 saturated heterocycles. The van der Waals surface area contributed by atoms with E-state index in [1.165, 1.54) is 18.2 Å². The molecule has 0 fully saturated rings. The molecule has 5 rings (SSSR count). The molecule has 0 saturated carbocycles. The molecule has 4 aromatic rings. The van der Waals surface area contributed by atoms with Crippen LogP contribution in [-0.4, -0.2) is 34.5 Å².